The van der Waals surface area contributed by atoms with Crippen molar-refractivity contribution < 1.29 is 28.6 Å². The van der Waals surface area contributed by atoms with Crippen molar-refractivity contribution in [3.05, 3.63) is 31.5 Å². The van der Waals surface area contributed by atoms with Crippen molar-refractivity contribution in [3.63, 3.8) is 0 Å². The number of aromatic nitrogens is 3. The van der Waals surface area contributed by atoms with Gasteiger partial charge in [0.25, 0.3) is 0 Å². The number of thioether (sulfide) groups is 3. The van der Waals surface area contributed by atoms with Crippen molar-refractivity contribution in [2.45, 2.75) is 97.7 Å². The summed E-state index contributed by atoms with van der Waals surface area (Å²) in [4.78, 5) is 77.1. The summed E-state index contributed by atoms with van der Waals surface area (Å²) in [5.41, 5.74) is -2.77. The van der Waals surface area contributed by atoms with Gasteiger partial charge >= 0.3 is 35.0 Å². The van der Waals surface area contributed by atoms with Crippen LogP contribution in [0.15, 0.2) is 14.4 Å². The van der Waals surface area contributed by atoms with E-state index in [1.54, 1.807) is 20.8 Å². The van der Waals surface area contributed by atoms with Gasteiger partial charge in [0.1, 0.15) is 19.8 Å². The molecule has 0 radical (unpaired) electrons. The lowest BCUT2D eigenvalue weighted by atomic mass is 10.3. The first-order chi connectivity index (χ1) is 21.1. The molecule has 1 aromatic rings. The number of hydrogen-bond donors (Lipinski definition) is 0. The number of rotatable bonds is 21. The molecule has 0 aliphatic rings. The zero-order chi connectivity index (χ0) is 34.3. The van der Waals surface area contributed by atoms with Gasteiger partial charge in [-0.2, -0.15) is 0 Å². The van der Waals surface area contributed by atoms with Crippen LogP contribution < -0.4 is 17.1 Å². The standard InChI is InChI=1S/C30H51N3O9S3/c1-19(2)16-43-22(7)25(34)40-13-10-31-28(37)32(11-14-41-26(35)23(8)44-17-20(3)4)30(39)33(29(31)38)12-15-42-27(36)24(9)45-18-21(5)6/h19-24H,10-18H2,1-9H3. The third-order valence-corrected chi connectivity index (χ3v) is 10.8. The van der Waals surface area contributed by atoms with Crippen LogP contribution in [0.2, 0.25) is 0 Å². The third-order valence-electron chi connectivity index (χ3n) is 6.10. The molecule has 1 aromatic heterocycles. The molecule has 258 valence electrons. The van der Waals surface area contributed by atoms with Gasteiger partial charge in [0.2, 0.25) is 0 Å². The smallest absolute Gasteiger partial charge is 0.336 e. The van der Waals surface area contributed by atoms with Crippen molar-refractivity contribution in [1.82, 2.24) is 13.7 Å². The predicted octanol–water partition coefficient (Wildman–Crippen LogP) is 3.13. The molecule has 0 saturated carbocycles. The fourth-order valence-electron chi connectivity index (χ4n) is 3.54. The molecule has 0 amide bonds. The van der Waals surface area contributed by atoms with Gasteiger partial charge in [-0.15, -0.1) is 35.3 Å². The first-order valence-corrected chi connectivity index (χ1v) is 18.5. The second-order valence-electron chi connectivity index (χ2n) is 11.9. The Kier molecular flexibility index (Phi) is 19.0. The van der Waals surface area contributed by atoms with E-state index in [1.165, 1.54) is 35.3 Å². The van der Waals surface area contributed by atoms with Crippen molar-refractivity contribution in [1.29, 1.82) is 0 Å². The Morgan fingerprint density at radius 1 is 0.489 bits per heavy atom. The van der Waals surface area contributed by atoms with E-state index in [0.717, 1.165) is 31.0 Å². The molecule has 12 nitrogen and oxygen atoms in total. The van der Waals surface area contributed by atoms with Crippen LogP contribution in [0.25, 0.3) is 0 Å². The maximum atomic E-state index is 13.3. The molecular weight excluding hydrogens is 643 g/mol. The lowest BCUT2D eigenvalue weighted by Gasteiger charge is -2.16. The lowest BCUT2D eigenvalue weighted by Crippen LogP contribution is -2.55. The number of hydrogen-bond acceptors (Lipinski definition) is 12. The van der Waals surface area contributed by atoms with Crippen LogP contribution >= 0.6 is 35.3 Å². The van der Waals surface area contributed by atoms with Crippen LogP contribution in [0.3, 0.4) is 0 Å². The Bertz CT molecular complexity index is 1090. The quantitative estimate of drug-likeness (QED) is 0.138. The average Bonchev–Trinajstić information content (AvgIpc) is 2.97. The minimum Gasteiger partial charge on any atom is -0.463 e. The zero-order valence-corrected chi connectivity index (χ0v) is 30.5. The second kappa shape index (κ2) is 20.9. The largest absolute Gasteiger partial charge is 0.463 e. The Balaban J connectivity index is 3.12. The monoisotopic (exact) mass is 693 g/mol. The van der Waals surface area contributed by atoms with Crippen molar-refractivity contribution in [2.24, 2.45) is 17.8 Å². The minimum atomic E-state index is -0.923. The molecule has 1 heterocycles. The van der Waals surface area contributed by atoms with Crippen LogP contribution in [0, 0.1) is 17.8 Å². The van der Waals surface area contributed by atoms with E-state index in [4.69, 9.17) is 14.2 Å². The minimum absolute atomic E-state index is 0.266. The lowest BCUT2D eigenvalue weighted by molar-refractivity contribution is -0.143. The van der Waals surface area contributed by atoms with Gasteiger partial charge in [0.15, 0.2) is 0 Å². The summed E-state index contributed by atoms with van der Waals surface area (Å²) in [6, 6.07) is 0. The Morgan fingerprint density at radius 2 is 0.711 bits per heavy atom. The number of ether oxygens (including phenoxy) is 3. The maximum absolute atomic E-state index is 13.3. The summed E-state index contributed by atoms with van der Waals surface area (Å²) >= 11 is 4.34. The number of carbonyl (C=O) groups is 3. The van der Waals surface area contributed by atoms with E-state index in [-0.39, 0.29) is 39.5 Å². The molecule has 0 spiro atoms. The highest BCUT2D eigenvalue weighted by molar-refractivity contribution is 8.01. The second-order valence-corrected chi connectivity index (χ2v) is 16.0. The summed E-state index contributed by atoms with van der Waals surface area (Å²) in [5, 5.41) is -1.29. The Labute approximate surface area is 278 Å². The van der Waals surface area contributed by atoms with E-state index in [9.17, 15) is 28.8 Å². The first kappa shape index (κ1) is 40.9. The molecule has 3 atom stereocenters. The van der Waals surface area contributed by atoms with Gasteiger partial charge in [0.05, 0.1) is 35.4 Å². The predicted molar refractivity (Wildman–Crippen MR) is 182 cm³/mol. The van der Waals surface area contributed by atoms with Crippen molar-refractivity contribution in [3.8, 4) is 0 Å². The Morgan fingerprint density at radius 3 is 0.911 bits per heavy atom. The molecule has 0 aliphatic heterocycles. The fourth-order valence-corrected chi connectivity index (χ4v) is 6.17. The zero-order valence-electron chi connectivity index (χ0n) is 28.1. The highest BCUT2D eigenvalue weighted by Crippen LogP contribution is 2.17. The first-order valence-electron chi connectivity index (χ1n) is 15.4. The van der Waals surface area contributed by atoms with Crippen LogP contribution in [0.4, 0.5) is 0 Å². The molecule has 0 fully saturated rings. The molecule has 45 heavy (non-hydrogen) atoms. The summed E-state index contributed by atoms with van der Waals surface area (Å²) < 4.78 is 18.4. The highest BCUT2D eigenvalue weighted by Gasteiger charge is 2.21. The van der Waals surface area contributed by atoms with Crippen molar-refractivity contribution in [2.75, 3.05) is 37.1 Å². The van der Waals surface area contributed by atoms with E-state index < -0.39 is 50.7 Å². The molecule has 0 saturated heterocycles. The van der Waals surface area contributed by atoms with Gasteiger partial charge in [-0.05, 0) is 55.8 Å². The molecule has 3 unspecified atom stereocenters. The molecule has 0 aliphatic carbocycles. The maximum Gasteiger partial charge on any atom is 0.336 e. The van der Waals surface area contributed by atoms with E-state index in [0.29, 0.717) is 17.8 Å². The summed E-state index contributed by atoms with van der Waals surface area (Å²) in [6.45, 7) is 15.7. The van der Waals surface area contributed by atoms with E-state index in [1.807, 2.05) is 41.5 Å². The highest BCUT2D eigenvalue weighted by atomic mass is 32.2. The van der Waals surface area contributed by atoms with Crippen LogP contribution in [-0.4, -0.2) is 84.4 Å². The van der Waals surface area contributed by atoms with Gasteiger partial charge < -0.3 is 14.2 Å². The SMILES string of the molecule is CC(C)CSC(C)C(=O)OCCn1c(=O)n(CCOC(=O)C(C)SCC(C)C)c(=O)n(CCOC(=O)C(C)SCC(C)C)c1=O. The van der Waals surface area contributed by atoms with Gasteiger partial charge in [0, 0.05) is 0 Å². The van der Waals surface area contributed by atoms with Crippen LogP contribution in [0.1, 0.15) is 62.3 Å². The summed E-state index contributed by atoms with van der Waals surface area (Å²) in [6.07, 6.45) is 0. The normalized spacial score (nSPS) is 13.6. The topological polar surface area (TPSA) is 145 Å². The third kappa shape index (κ3) is 14.9. The van der Waals surface area contributed by atoms with Gasteiger partial charge in [-0.1, -0.05) is 41.5 Å². The number of nitrogens with zero attached hydrogens (tertiary/aromatic N) is 3. The fraction of sp³-hybridized carbons (Fsp3) is 0.800. The van der Waals surface area contributed by atoms with E-state index in [2.05, 4.69) is 0 Å². The molecule has 15 heteroatoms. The summed E-state index contributed by atoms with van der Waals surface area (Å²) in [5.74, 6) is 2.06. The van der Waals surface area contributed by atoms with Crippen molar-refractivity contribution >= 4 is 53.2 Å². The number of esters is 3. The Hall–Kier alpha value is -2.13. The van der Waals surface area contributed by atoms with Crippen LogP contribution in [-0.2, 0) is 48.2 Å². The number of carbonyl (C=O) groups excluding carboxylic acids is 3. The molecule has 0 aromatic carbocycles. The van der Waals surface area contributed by atoms with E-state index >= 15 is 0 Å². The molecule has 1 rings (SSSR count). The van der Waals surface area contributed by atoms with Gasteiger partial charge in [-0.3, -0.25) is 14.4 Å². The molecule has 0 bridgehead atoms. The average molecular weight is 694 g/mol. The molecule has 0 N–H and O–H groups in total. The summed E-state index contributed by atoms with van der Waals surface area (Å²) in [7, 11) is 0. The van der Waals surface area contributed by atoms with Crippen LogP contribution in [0.5, 0.6) is 0 Å². The van der Waals surface area contributed by atoms with Gasteiger partial charge in [-0.25, -0.2) is 28.1 Å². The molecular formula is C30H51N3O9S3.